The van der Waals surface area contributed by atoms with Gasteiger partial charge in [0.2, 0.25) is 0 Å². The van der Waals surface area contributed by atoms with E-state index in [0.717, 1.165) is 32.1 Å². The van der Waals surface area contributed by atoms with Crippen molar-refractivity contribution in [2.45, 2.75) is 31.0 Å². The summed E-state index contributed by atoms with van der Waals surface area (Å²) in [7, 11) is -1.45. The number of rotatable bonds is 3. The maximum atomic E-state index is 9.13. The standard InChI is InChI=1S/C14H20BN3O3/c19-15(20)10-1-4-14(16-5-10)17-6-11-2-3-12(7-17)18(11)13-8-21-9-13/h1,4-5,11-13,19-20H,2-3,6-9H2/t11-,12?/m1/s1. The van der Waals surface area contributed by atoms with Crippen molar-refractivity contribution in [3.8, 4) is 0 Å². The molecule has 4 rings (SSSR count). The van der Waals surface area contributed by atoms with Crippen molar-refractivity contribution in [3.63, 3.8) is 0 Å². The molecule has 4 heterocycles. The van der Waals surface area contributed by atoms with Gasteiger partial charge in [0.1, 0.15) is 5.82 Å². The van der Waals surface area contributed by atoms with Gasteiger partial charge in [0.25, 0.3) is 0 Å². The van der Waals surface area contributed by atoms with E-state index in [1.807, 2.05) is 6.07 Å². The van der Waals surface area contributed by atoms with Crippen LogP contribution in [0, 0.1) is 0 Å². The normalized spacial score (nSPS) is 29.5. The molecule has 112 valence electrons. The van der Waals surface area contributed by atoms with E-state index in [1.54, 1.807) is 12.3 Å². The number of aromatic nitrogens is 1. The number of nitrogens with zero attached hydrogens (tertiary/aromatic N) is 3. The summed E-state index contributed by atoms with van der Waals surface area (Å²) in [5.41, 5.74) is 0.437. The monoisotopic (exact) mass is 289 g/mol. The third-order valence-electron chi connectivity index (χ3n) is 4.97. The van der Waals surface area contributed by atoms with Crippen molar-refractivity contribution in [3.05, 3.63) is 18.3 Å². The molecule has 7 heteroatoms. The summed E-state index contributed by atoms with van der Waals surface area (Å²) in [6, 6.07) is 5.44. The van der Waals surface area contributed by atoms with E-state index in [0.29, 0.717) is 23.6 Å². The highest BCUT2D eigenvalue weighted by Gasteiger charge is 2.45. The maximum absolute atomic E-state index is 9.13. The van der Waals surface area contributed by atoms with Crippen molar-refractivity contribution < 1.29 is 14.8 Å². The molecule has 2 atom stereocenters. The highest BCUT2D eigenvalue weighted by molar-refractivity contribution is 6.58. The molecule has 0 spiro atoms. The first-order chi connectivity index (χ1) is 10.2. The van der Waals surface area contributed by atoms with Crippen LogP contribution in [0.3, 0.4) is 0 Å². The molecule has 1 aromatic rings. The lowest BCUT2D eigenvalue weighted by Crippen LogP contribution is -2.62. The second-order valence-corrected chi connectivity index (χ2v) is 6.25. The molecular weight excluding hydrogens is 269 g/mol. The molecule has 0 aliphatic carbocycles. The van der Waals surface area contributed by atoms with Crippen molar-refractivity contribution in [1.29, 1.82) is 0 Å². The molecule has 2 bridgehead atoms. The SMILES string of the molecule is OB(O)c1ccc(N2CC3CC[C@H](C2)N3C2COC2)nc1. The first-order valence-electron chi connectivity index (χ1n) is 7.64. The van der Waals surface area contributed by atoms with Gasteiger partial charge in [-0.2, -0.15) is 0 Å². The molecule has 3 fully saturated rings. The Morgan fingerprint density at radius 2 is 1.81 bits per heavy atom. The third kappa shape index (κ3) is 2.34. The maximum Gasteiger partial charge on any atom is 0.490 e. The summed E-state index contributed by atoms with van der Waals surface area (Å²) >= 11 is 0. The van der Waals surface area contributed by atoms with E-state index in [9.17, 15) is 0 Å². The van der Waals surface area contributed by atoms with Gasteiger partial charge in [-0.15, -0.1) is 0 Å². The molecule has 0 aromatic carbocycles. The largest absolute Gasteiger partial charge is 0.490 e. The summed E-state index contributed by atoms with van der Waals surface area (Å²) in [6.45, 7) is 3.77. The van der Waals surface area contributed by atoms with Crippen LogP contribution in [0.4, 0.5) is 5.82 Å². The summed E-state index contributed by atoms with van der Waals surface area (Å²) in [5.74, 6) is 0.931. The summed E-state index contributed by atoms with van der Waals surface area (Å²) in [4.78, 5) is 9.37. The average molecular weight is 289 g/mol. The van der Waals surface area contributed by atoms with Crippen LogP contribution in [0.15, 0.2) is 18.3 Å². The Balaban J connectivity index is 1.48. The molecule has 0 amide bonds. The van der Waals surface area contributed by atoms with Crippen LogP contribution in [-0.4, -0.2) is 71.5 Å². The van der Waals surface area contributed by atoms with E-state index < -0.39 is 7.12 Å². The predicted octanol–water partition coefficient (Wildman–Crippen LogP) is -1.19. The van der Waals surface area contributed by atoms with E-state index in [-0.39, 0.29) is 0 Å². The minimum atomic E-state index is -1.45. The molecule has 6 nitrogen and oxygen atoms in total. The fourth-order valence-corrected chi connectivity index (χ4v) is 3.85. The average Bonchev–Trinajstić information content (AvgIpc) is 2.69. The van der Waals surface area contributed by atoms with E-state index in [1.165, 1.54) is 12.8 Å². The number of anilines is 1. The zero-order chi connectivity index (χ0) is 14.4. The van der Waals surface area contributed by atoms with Gasteiger partial charge < -0.3 is 19.7 Å². The van der Waals surface area contributed by atoms with Crippen molar-refractivity contribution in [1.82, 2.24) is 9.88 Å². The number of ether oxygens (including phenoxy) is 1. The first-order valence-corrected chi connectivity index (χ1v) is 7.64. The van der Waals surface area contributed by atoms with Gasteiger partial charge in [0.15, 0.2) is 0 Å². The Morgan fingerprint density at radius 1 is 1.10 bits per heavy atom. The number of piperazine rings is 1. The lowest BCUT2D eigenvalue weighted by atomic mass is 9.82. The van der Waals surface area contributed by atoms with Crippen LogP contribution < -0.4 is 10.4 Å². The molecule has 1 unspecified atom stereocenters. The third-order valence-corrected chi connectivity index (χ3v) is 4.97. The Kier molecular flexibility index (Phi) is 3.37. The van der Waals surface area contributed by atoms with E-state index >= 15 is 0 Å². The zero-order valence-corrected chi connectivity index (χ0v) is 11.9. The Hall–Kier alpha value is -1.15. The van der Waals surface area contributed by atoms with Crippen molar-refractivity contribution in [2.24, 2.45) is 0 Å². The van der Waals surface area contributed by atoms with Crippen molar-refractivity contribution in [2.75, 3.05) is 31.2 Å². The number of hydrogen-bond acceptors (Lipinski definition) is 6. The Bertz CT molecular complexity index is 495. The first kappa shape index (κ1) is 13.5. The molecule has 21 heavy (non-hydrogen) atoms. The zero-order valence-electron chi connectivity index (χ0n) is 11.9. The van der Waals surface area contributed by atoms with Crippen LogP contribution in [-0.2, 0) is 4.74 Å². The molecule has 0 radical (unpaired) electrons. The summed E-state index contributed by atoms with van der Waals surface area (Å²) in [6.07, 6.45) is 4.06. The number of hydrogen-bond donors (Lipinski definition) is 2. The van der Waals surface area contributed by atoms with Crippen LogP contribution in [0.1, 0.15) is 12.8 Å². The van der Waals surface area contributed by atoms with Gasteiger partial charge in [0.05, 0.1) is 19.3 Å². The van der Waals surface area contributed by atoms with Crippen LogP contribution in [0.25, 0.3) is 0 Å². The molecule has 1 aromatic heterocycles. The van der Waals surface area contributed by atoms with Crippen LogP contribution in [0.2, 0.25) is 0 Å². The lowest BCUT2D eigenvalue weighted by molar-refractivity contribution is -0.0850. The molecular formula is C14H20BN3O3. The second kappa shape index (κ2) is 5.24. The van der Waals surface area contributed by atoms with Gasteiger partial charge >= 0.3 is 7.12 Å². The fourth-order valence-electron chi connectivity index (χ4n) is 3.85. The van der Waals surface area contributed by atoms with E-state index in [2.05, 4.69) is 14.8 Å². The van der Waals surface area contributed by atoms with Gasteiger partial charge in [-0.3, -0.25) is 4.90 Å². The fraction of sp³-hybridized carbons (Fsp3) is 0.643. The number of pyridine rings is 1. The highest BCUT2D eigenvalue weighted by Crippen LogP contribution is 2.35. The highest BCUT2D eigenvalue weighted by atomic mass is 16.5. The lowest BCUT2D eigenvalue weighted by Gasteiger charge is -2.48. The van der Waals surface area contributed by atoms with Crippen LogP contribution in [0.5, 0.6) is 0 Å². The molecule has 3 aliphatic rings. The smallest absolute Gasteiger partial charge is 0.423 e. The Morgan fingerprint density at radius 3 is 2.29 bits per heavy atom. The van der Waals surface area contributed by atoms with Crippen LogP contribution >= 0.6 is 0 Å². The van der Waals surface area contributed by atoms with Gasteiger partial charge in [-0.1, -0.05) is 6.07 Å². The second-order valence-electron chi connectivity index (χ2n) is 6.25. The quantitative estimate of drug-likeness (QED) is 0.682. The van der Waals surface area contributed by atoms with Gasteiger partial charge in [-0.25, -0.2) is 4.98 Å². The molecule has 3 aliphatic heterocycles. The Labute approximate surface area is 124 Å². The van der Waals surface area contributed by atoms with Crippen molar-refractivity contribution >= 4 is 18.4 Å². The predicted molar refractivity (Wildman–Crippen MR) is 79.5 cm³/mol. The molecule has 2 N–H and O–H groups in total. The van der Waals surface area contributed by atoms with Gasteiger partial charge in [-0.05, 0) is 18.9 Å². The van der Waals surface area contributed by atoms with Gasteiger partial charge in [0, 0.05) is 36.8 Å². The molecule has 0 saturated carbocycles. The topological polar surface area (TPSA) is 69.1 Å². The minimum absolute atomic E-state index is 0.437. The van der Waals surface area contributed by atoms with E-state index in [4.69, 9.17) is 14.8 Å². The molecule has 3 saturated heterocycles. The summed E-state index contributed by atoms with van der Waals surface area (Å²) < 4.78 is 5.34. The minimum Gasteiger partial charge on any atom is -0.423 e. The number of fused-ring (bicyclic) bond motifs is 2. The summed E-state index contributed by atoms with van der Waals surface area (Å²) in [5, 5.41) is 18.3.